The molecule has 0 aromatic carbocycles. The number of carbonyl (C=O) groups is 1. The number of aliphatic hydroxyl groups excluding tert-OH is 5. The van der Waals surface area contributed by atoms with E-state index in [-0.39, 0.29) is 54.8 Å². The highest BCUT2D eigenvalue weighted by Gasteiger charge is 2.70. The smallest absolute Gasteiger partial charge is 0.331 e. The molecule has 10 heteroatoms. The van der Waals surface area contributed by atoms with E-state index in [1.54, 1.807) is 6.92 Å². The van der Waals surface area contributed by atoms with Crippen LogP contribution in [0.15, 0.2) is 11.6 Å². The summed E-state index contributed by atoms with van der Waals surface area (Å²) in [6.45, 7) is 3.87. The summed E-state index contributed by atoms with van der Waals surface area (Å²) in [6.07, 6.45) is 0.290. The molecule has 0 unspecified atom stereocenters. The molecule has 14 atom stereocenters. The Morgan fingerprint density at radius 2 is 1.79 bits per heavy atom. The summed E-state index contributed by atoms with van der Waals surface area (Å²) in [5.74, 6) is -0.545. The van der Waals surface area contributed by atoms with Crippen molar-refractivity contribution in [2.75, 3.05) is 13.2 Å². The summed E-state index contributed by atoms with van der Waals surface area (Å²) >= 11 is 0. The van der Waals surface area contributed by atoms with Crippen LogP contribution < -0.4 is 0 Å². The minimum absolute atomic E-state index is 0.0162. The molecule has 0 amide bonds. The van der Waals surface area contributed by atoms with Crippen molar-refractivity contribution >= 4 is 5.97 Å². The lowest BCUT2D eigenvalue weighted by Crippen LogP contribution is -2.64. The third-order valence-corrected chi connectivity index (χ3v) is 12.0. The van der Waals surface area contributed by atoms with Gasteiger partial charge in [-0.25, -0.2) is 4.79 Å². The molecule has 39 heavy (non-hydrogen) atoms. The standard InChI is InChI=1S/C29H44O10/c1-14-23(33)24(34)25(35)26(38-14)39-17-5-8-28(13-30)16(10-17)3-4-19-18(28)6-7-27(2)22(15-9-21(32)37-12-15)20(31)11-29(19,27)36/h9,14,16-20,22-26,30-31,33-36H,3-8,10-13H2,1-2H3/t14-,16+,17-,18-,19+,20-,22-,23-,24+,25+,26-,27+,28+,29-/m0/s1. The number of fused-ring (bicyclic) bond motifs is 5. The van der Waals surface area contributed by atoms with Gasteiger partial charge in [0.25, 0.3) is 0 Å². The average Bonchev–Trinajstić information content (AvgIpc) is 3.41. The van der Waals surface area contributed by atoms with Crippen molar-refractivity contribution in [1.82, 2.24) is 0 Å². The number of rotatable bonds is 4. The second kappa shape index (κ2) is 9.73. The van der Waals surface area contributed by atoms with E-state index in [1.165, 1.54) is 6.08 Å². The van der Waals surface area contributed by atoms with Crippen LogP contribution in [0, 0.1) is 34.5 Å². The molecule has 0 aromatic rings. The van der Waals surface area contributed by atoms with Crippen molar-refractivity contribution in [2.45, 2.75) is 114 Å². The Kier molecular flexibility index (Phi) is 6.99. The van der Waals surface area contributed by atoms with Crippen LogP contribution in [0.1, 0.15) is 65.2 Å². The lowest BCUT2D eigenvalue weighted by molar-refractivity contribution is -0.311. The second-order valence-corrected chi connectivity index (χ2v) is 13.5. The van der Waals surface area contributed by atoms with Gasteiger partial charge in [0.05, 0.1) is 23.9 Å². The lowest BCUT2D eigenvalue weighted by Gasteiger charge is -2.64. The maximum Gasteiger partial charge on any atom is 0.331 e. The van der Waals surface area contributed by atoms with Crippen LogP contribution in [0.5, 0.6) is 0 Å². The van der Waals surface area contributed by atoms with E-state index in [0.29, 0.717) is 25.7 Å². The van der Waals surface area contributed by atoms with Crippen molar-refractivity contribution in [1.29, 1.82) is 0 Å². The Morgan fingerprint density at radius 3 is 2.49 bits per heavy atom. The highest BCUT2D eigenvalue weighted by atomic mass is 16.7. The van der Waals surface area contributed by atoms with Gasteiger partial charge in [-0.05, 0) is 80.6 Å². The molecule has 2 heterocycles. The molecule has 1 saturated heterocycles. The van der Waals surface area contributed by atoms with Gasteiger partial charge in [0.1, 0.15) is 24.9 Å². The SMILES string of the molecule is C[C@@H]1O[C@@H](O[C@H]2CC[C@@]3(CO)[C@H](CC[C@@H]4[C@@H]3CC[C@]3(C)[C@@H](C5=CC(=O)OC5)[C@@H](O)C[C@]43O)C2)[C@H](O)[C@H](O)[C@H]1O. The van der Waals surface area contributed by atoms with Gasteiger partial charge in [-0.1, -0.05) is 6.92 Å². The minimum Gasteiger partial charge on any atom is -0.458 e. The third-order valence-electron chi connectivity index (χ3n) is 12.0. The van der Waals surface area contributed by atoms with E-state index in [4.69, 9.17) is 14.2 Å². The van der Waals surface area contributed by atoms with E-state index in [2.05, 4.69) is 6.92 Å². The van der Waals surface area contributed by atoms with Crippen LogP contribution in [-0.4, -0.2) is 98.3 Å². The third kappa shape index (κ3) is 4.00. The van der Waals surface area contributed by atoms with Crippen LogP contribution in [0.3, 0.4) is 0 Å². The number of ether oxygens (including phenoxy) is 3. The maximum atomic E-state index is 12.4. The predicted molar refractivity (Wildman–Crippen MR) is 136 cm³/mol. The molecule has 6 aliphatic rings. The van der Waals surface area contributed by atoms with Crippen molar-refractivity contribution in [3.8, 4) is 0 Å². The Bertz CT molecular complexity index is 1000. The normalized spacial score (nSPS) is 55.3. The zero-order chi connectivity index (χ0) is 27.9. The van der Waals surface area contributed by atoms with Crippen LogP contribution in [-0.2, 0) is 19.0 Å². The fraction of sp³-hybridized carbons (Fsp3) is 0.897. The second-order valence-electron chi connectivity index (χ2n) is 13.5. The van der Waals surface area contributed by atoms with E-state index < -0.39 is 53.8 Å². The van der Waals surface area contributed by atoms with Gasteiger partial charge in [0, 0.05) is 30.4 Å². The Morgan fingerprint density at radius 1 is 1.03 bits per heavy atom. The van der Waals surface area contributed by atoms with Crippen LogP contribution in [0.2, 0.25) is 0 Å². The summed E-state index contributed by atoms with van der Waals surface area (Å²) in [4.78, 5) is 11.8. The van der Waals surface area contributed by atoms with Gasteiger partial charge < -0.3 is 44.8 Å². The number of hydrogen-bond acceptors (Lipinski definition) is 10. The zero-order valence-electron chi connectivity index (χ0n) is 22.8. The van der Waals surface area contributed by atoms with Crippen molar-refractivity contribution in [2.24, 2.45) is 34.5 Å². The van der Waals surface area contributed by atoms with Gasteiger partial charge in [0.2, 0.25) is 0 Å². The molecule has 10 nitrogen and oxygen atoms in total. The fourth-order valence-corrected chi connectivity index (χ4v) is 10.00. The molecule has 0 aromatic heterocycles. The van der Waals surface area contributed by atoms with Crippen molar-refractivity contribution in [3.63, 3.8) is 0 Å². The molecule has 0 bridgehead atoms. The molecule has 4 aliphatic carbocycles. The largest absolute Gasteiger partial charge is 0.458 e. The lowest BCUT2D eigenvalue weighted by atomic mass is 9.43. The molecular weight excluding hydrogens is 508 g/mol. The van der Waals surface area contributed by atoms with E-state index in [9.17, 15) is 35.4 Å². The highest BCUT2D eigenvalue weighted by Crippen LogP contribution is 2.70. The Labute approximate surface area is 229 Å². The topological polar surface area (TPSA) is 166 Å². The molecule has 2 aliphatic heterocycles. The van der Waals surface area contributed by atoms with Gasteiger partial charge in [-0.2, -0.15) is 0 Å². The zero-order valence-corrected chi connectivity index (χ0v) is 22.8. The number of aliphatic hydroxyl groups is 6. The first kappa shape index (κ1) is 28.0. The number of esters is 1. The first-order valence-corrected chi connectivity index (χ1v) is 14.7. The number of cyclic esters (lactones) is 1. The first-order valence-electron chi connectivity index (χ1n) is 14.7. The summed E-state index contributed by atoms with van der Waals surface area (Å²) in [5, 5.41) is 65.1. The summed E-state index contributed by atoms with van der Waals surface area (Å²) in [5.41, 5.74) is -1.30. The average molecular weight is 553 g/mol. The van der Waals surface area contributed by atoms with Crippen LogP contribution in [0.4, 0.5) is 0 Å². The summed E-state index contributed by atoms with van der Waals surface area (Å²) < 4.78 is 17.0. The molecule has 4 saturated carbocycles. The minimum atomic E-state index is -1.35. The Hall–Kier alpha value is -1.11. The van der Waals surface area contributed by atoms with Crippen LogP contribution in [0.25, 0.3) is 0 Å². The summed E-state index contributed by atoms with van der Waals surface area (Å²) in [6, 6.07) is 0. The maximum absolute atomic E-state index is 12.4. The molecule has 0 spiro atoms. The number of carbonyl (C=O) groups excluding carboxylic acids is 1. The van der Waals surface area contributed by atoms with Gasteiger partial charge >= 0.3 is 5.97 Å². The van der Waals surface area contributed by atoms with Crippen molar-refractivity contribution in [3.05, 3.63) is 11.6 Å². The van der Waals surface area contributed by atoms with Crippen LogP contribution >= 0.6 is 0 Å². The molecule has 6 rings (SSSR count). The van der Waals surface area contributed by atoms with Gasteiger partial charge in [-0.15, -0.1) is 0 Å². The number of hydrogen-bond donors (Lipinski definition) is 6. The highest BCUT2D eigenvalue weighted by molar-refractivity contribution is 5.85. The predicted octanol–water partition coefficient (Wildman–Crippen LogP) is 0.399. The quantitative estimate of drug-likeness (QED) is 0.212. The van der Waals surface area contributed by atoms with Crippen molar-refractivity contribution < 1.29 is 49.6 Å². The monoisotopic (exact) mass is 552 g/mol. The molecule has 220 valence electrons. The Balaban J connectivity index is 1.20. The molecule has 6 N–H and O–H groups in total. The summed E-state index contributed by atoms with van der Waals surface area (Å²) in [7, 11) is 0. The van der Waals surface area contributed by atoms with E-state index >= 15 is 0 Å². The fourth-order valence-electron chi connectivity index (χ4n) is 10.00. The van der Waals surface area contributed by atoms with E-state index in [0.717, 1.165) is 24.8 Å². The van der Waals surface area contributed by atoms with E-state index in [1.807, 2.05) is 0 Å². The molecule has 5 fully saturated rings. The van der Waals surface area contributed by atoms with Gasteiger partial charge in [0.15, 0.2) is 6.29 Å². The first-order chi connectivity index (χ1) is 18.4. The van der Waals surface area contributed by atoms with Gasteiger partial charge in [-0.3, -0.25) is 0 Å². The molecule has 0 radical (unpaired) electrons. The molecular formula is C29H44O10.